The summed E-state index contributed by atoms with van der Waals surface area (Å²) in [5.74, 6) is 0. The van der Waals surface area contributed by atoms with Gasteiger partial charge in [-0.1, -0.05) is 167 Å². The van der Waals surface area contributed by atoms with Crippen molar-refractivity contribution in [3.8, 4) is 33.4 Å². The van der Waals surface area contributed by atoms with Gasteiger partial charge in [0.2, 0.25) is 0 Å². The van der Waals surface area contributed by atoms with Crippen molar-refractivity contribution in [2.45, 2.75) is 115 Å². The van der Waals surface area contributed by atoms with E-state index >= 15 is 0 Å². The number of benzene rings is 8. The molecular formula is C66H62BN3. The van der Waals surface area contributed by atoms with E-state index in [9.17, 15) is 0 Å². The maximum absolute atomic E-state index is 2.94. The maximum Gasteiger partial charge on any atom is 0.252 e. The average Bonchev–Trinajstić information content (AvgIpc) is 3.73. The second-order valence-electron chi connectivity index (χ2n) is 22.8. The van der Waals surface area contributed by atoms with Gasteiger partial charge in [-0.05, 0) is 168 Å². The van der Waals surface area contributed by atoms with Crippen molar-refractivity contribution in [2.75, 3.05) is 14.7 Å². The minimum Gasteiger partial charge on any atom is -0.335 e. The Labute approximate surface area is 415 Å². The first kappa shape index (κ1) is 42.1. The van der Waals surface area contributed by atoms with Crippen LogP contribution in [0.15, 0.2) is 170 Å². The first-order chi connectivity index (χ1) is 34.0. The molecule has 4 heteroatoms. The van der Waals surface area contributed by atoms with Gasteiger partial charge < -0.3 is 14.7 Å². The van der Waals surface area contributed by atoms with Crippen LogP contribution >= 0.6 is 0 Å². The molecule has 344 valence electrons. The van der Waals surface area contributed by atoms with Crippen LogP contribution in [-0.4, -0.2) is 17.8 Å². The van der Waals surface area contributed by atoms with Gasteiger partial charge in [-0.15, -0.1) is 0 Å². The van der Waals surface area contributed by atoms with E-state index in [0.29, 0.717) is 0 Å². The van der Waals surface area contributed by atoms with Gasteiger partial charge in [-0.3, -0.25) is 0 Å². The minimum absolute atomic E-state index is 0.0180. The Kier molecular flexibility index (Phi) is 8.95. The monoisotopic (exact) mass is 908 g/mol. The Hall–Kier alpha value is -6.78. The van der Waals surface area contributed by atoms with Crippen molar-refractivity contribution in [1.82, 2.24) is 0 Å². The molecule has 0 spiro atoms. The average molecular weight is 908 g/mol. The maximum atomic E-state index is 2.94. The molecule has 0 N–H and O–H groups in total. The van der Waals surface area contributed by atoms with Crippen molar-refractivity contribution >= 4 is 62.9 Å². The van der Waals surface area contributed by atoms with Crippen LogP contribution in [0.5, 0.6) is 0 Å². The summed E-state index contributed by atoms with van der Waals surface area (Å²) >= 11 is 0. The second kappa shape index (κ2) is 14.9. The molecule has 2 aliphatic carbocycles. The first-order valence-electron chi connectivity index (χ1n) is 26.3. The van der Waals surface area contributed by atoms with E-state index in [0.717, 1.165) is 12.8 Å². The summed E-state index contributed by atoms with van der Waals surface area (Å²) in [6.07, 6.45) is 9.71. The Balaban J connectivity index is 1.11. The molecule has 0 radical (unpaired) electrons. The molecular weight excluding hydrogens is 846 g/mol. The molecule has 8 aromatic carbocycles. The molecule has 3 nitrogen and oxygen atoms in total. The Morgan fingerprint density at radius 2 is 0.957 bits per heavy atom. The van der Waals surface area contributed by atoms with Crippen LogP contribution in [0.25, 0.3) is 33.4 Å². The van der Waals surface area contributed by atoms with E-state index in [1.807, 2.05) is 0 Å². The summed E-state index contributed by atoms with van der Waals surface area (Å²) in [4.78, 5) is 8.46. The lowest BCUT2D eigenvalue weighted by molar-refractivity contribution is 0.193. The van der Waals surface area contributed by atoms with E-state index in [1.54, 1.807) is 5.56 Å². The molecule has 4 unspecified atom stereocenters. The van der Waals surface area contributed by atoms with Gasteiger partial charge in [-0.2, -0.15) is 0 Å². The smallest absolute Gasteiger partial charge is 0.252 e. The molecule has 2 fully saturated rings. The highest BCUT2D eigenvalue weighted by molar-refractivity contribution is 7.00. The Morgan fingerprint density at radius 1 is 0.414 bits per heavy atom. The van der Waals surface area contributed by atoms with E-state index in [-0.39, 0.29) is 28.6 Å². The van der Waals surface area contributed by atoms with Gasteiger partial charge in [0.1, 0.15) is 0 Å². The number of fused-ring (bicyclic) bond motifs is 10. The fraction of sp³-hybridized carbons (Fsp3) is 0.273. The van der Waals surface area contributed by atoms with Crippen LogP contribution in [0.2, 0.25) is 0 Å². The molecule has 4 aliphatic heterocycles. The third-order valence-electron chi connectivity index (χ3n) is 19.2. The summed E-state index contributed by atoms with van der Waals surface area (Å²) in [6, 6.07) is 65.5. The quantitative estimate of drug-likeness (QED) is 0.159. The summed E-state index contributed by atoms with van der Waals surface area (Å²) in [7, 11) is 0. The lowest BCUT2D eigenvalue weighted by Crippen LogP contribution is -2.64. The third kappa shape index (κ3) is 5.54. The van der Waals surface area contributed by atoms with E-state index in [2.05, 4.69) is 226 Å². The number of nitrogens with zero attached hydrogens (tertiary/aromatic N) is 3. The molecule has 0 saturated heterocycles. The van der Waals surface area contributed by atoms with Crippen molar-refractivity contribution in [1.29, 1.82) is 0 Å². The van der Waals surface area contributed by atoms with Gasteiger partial charge in [0, 0.05) is 50.6 Å². The van der Waals surface area contributed by atoms with E-state index < -0.39 is 0 Å². The molecule has 8 aromatic rings. The highest BCUT2D eigenvalue weighted by Gasteiger charge is 2.63. The molecule has 0 bridgehead atoms. The van der Waals surface area contributed by atoms with Crippen LogP contribution in [0.4, 0.5) is 39.8 Å². The van der Waals surface area contributed by atoms with Crippen LogP contribution < -0.4 is 31.1 Å². The predicted molar refractivity (Wildman–Crippen MR) is 297 cm³/mol. The zero-order chi connectivity index (χ0) is 47.3. The zero-order valence-corrected chi connectivity index (χ0v) is 41.7. The second-order valence-corrected chi connectivity index (χ2v) is 22.8. The van der Waals surface area contributed by atoms with Crippen molar-refractivity contribution < 1.29 is 0 Å². The Bertz CT molecular complexity index is 3440. The van der Waals surface area contributed by atoms with Crippen molar-refractivity contribution in [3.63, 3.8) is 0 Å². The molecule has 4 atom stereocenters. The van der Waals surface area contributed by atoms with Crippen LogP contribution in [-0.2, 0) is 10.8 Å². The standard InChI is InChI=1S/C66H62BN3/c1-43-36-44(2)60-57(37-43)69(66(6)35-19-17-33-64(60,66)4)52-41-58-61-59(42-52)70-62-53(63(3)32-16-18-34-65(63,70)5)38-50(47-24-14-9-15-25-47)40-55(62)67(61)54-39-49(46-22-12-8-13-23-46)28-31-56(54)68(58)51-29-26-48(27-30-51)45-20-10-7-11-21-45/h7-15,20-31,36-42H,16-19,32-35H2,1-6H3. The van der Waals surface area contributed by atoms with Gasteiger partial charge in [0.15, 0.2) is 0 Å². The van der Waals surface area contributed by atoms with E-state index in [4.69, 9.17) is 0 Å². The van der Waals surface area contributed by atoms with Gasteiger partial charge in [0.05, 0.1) is 11.1 Å². The highest BCUT2D eigenvalue weighted by atomic mass is 15.3. The number of anilines is 7. The predicted octanol–water partition coefficient (Wildman–Crippen LogP) is 15.4. The number of hydrogen-bond acceptors (Lipinski definition) is 3. The zero-order valence-electron chi connectivity index (χ0n) is 41.7. The lowest BCUT2D eigenvalue weighted by Gasteiger charge is -2.53. The summed E-state index contributed by atoms with van der Waals surface area (Å²) in [6.45, 7) is 15.2. The molecule has 2 saturated carbocycles. The summed E-state index contributed by atoms with van der Waals surface area (Å²) in [5, 5.41) is 0. The molecule has 70 heavy (non-hydrogen) atoms. The fourth-order valence-corrected chi connectivity index (χ4v) is 15.6. The SMILES string of the molecule is Cc1cc(C)c2c(c1)N(c1cc3c4c(c1)N1c5c(cc(-c6ccccc6)cc5C5(C)CCCCC15C)B4c1cc(-c4ccccc4)ccc1N3c1ccc(-c3ccccc3)cc1)C1(C)CCCCC21C. The normalized spacial score (nSPS) is 24.4. The Morgan fingerprint density at radius 3 is 1.63 bits per heavy atom. The molecule has 0 aromatic heterocycles. The van der Waals surface area contributed by atoms with Crippen molar-refractivity contribution in [2.24, 2.45) is 0 Å². The topological polar surface area (TPSA) is 9.72 Å². The van der Waals surface area contributed by atoms with Crippen LogP contribution in [0.1, 0.15) is 101 Å². The minimum atomic E-state index is -0.122. The molecule has 6 aliphatic rings. The van der Waals surface area contributed by atoms with Crippen molar-refractivity contribution in [3.05, 3.63) is 192 Å². The van der Waals surface area contributed by atoms with Gasteiger partial charge in [-0.25, -0.2) is 0 Å². The summed E-state index contributed by atoms with van der Waals surface area (Å²) < 4.78 is 0. The lowest BCUT2D eigenvalue weighted by atomic mass is 9.33. The fourth-order valence-electron chi connectivity index (χ4n) is 15.6. The molecule has 4 heterocycles. The van der Waals surface area contributed by atoms with Crippen LogP contribution in [0, 0.1) is 13.8 Å². The van der Waals surface area contributed by atoms with Gasteiger partial charge in [0.25, 0.3) is 6.71 Å². The summed E-state index contributed by atoms with van der Waals surface area (Å²) in [5.41, 5.74) is 26.8. The number of hydrogen-bond donors (Lipinski definition) is 0. The molecule has 14 rings (SSSR count). The number of rotatable bonds is 5. The van der Waals surface area contributed by atoms with Crippen LogP contribution in [0.3, 0.4) is 0 Å². The van der Waals surface area contributed by atoms with E-state index in [1.165, 1.54) is 145 Å². The first-order valence-corrected chi connectivity index (χ1v) is 26.3. The number of aryl methyl sites for hydroxylation is 2. The van der Waals surface area contributed by atoms with Gasteiger partial charge >= 0.3 is 0 Å². The molecule has 0 amide bonds. The third-order valence-corrected chi connectivity index (χ3v) is 19.2. The highest BCUT2D eigenvalue weighted by Crippen LogP contribution is 2.65. The largest absolute Gasteiger partial charge is 0.335 e.